The fourth-order valence-corrected chi connectivity index (χ4v) is 2.44. The van der Waals surface area contributed by atoms with Crippen molar-refractivity contribution in [2.75, 3.05) is 0 Å². The number of carbonyl (C=O) groups excluding carboxylic acids is 1. The van der Waals surface area contributed by atoms with Gasteiger partial charge in [-0.2, -0.15) is 21.6 Å². The van der Waals surface area contributed by atoms with Crippen LogP contribution in [-0.4, -0.2) is 24.6 Å². The number of nitro groups is 1. The lowest BCUT2D eigenvalue weighted by Gasteiger charge is -2.13. The van der Waals surface area contributed by atoms with Gasteiger partial charge in [-0.1, -0.05) is 0 Å². The van der Waals surface area contributed by atoms with Crippen LogP contribution in [0.25, 0.3) is 0 Å². The van der Waals surface area contributed by atoms with Gasteiger partial charge >= 0.3 is 21.3 Å². The van der Waals surface area contributed by atoms with Crippen LogP contribution < -0.4 is 4.18 Å². The smallest absolute Gasteiger partial charge is 0.368 e. The summed E-state index contributed by atoms with van der Waals surface area (Å²) in [6.07, 6.45) is 0. The molecule has 0 aliphatic rings. The molecule has 0 saturated heterocycles. The van der Waals surface area contributed by atoms with E-state index in [4.69, 9.17) is 0 Å². The fraction of sp³-hybridized carbons (Fsp3) is 0.182. The van der Waals surface area contributed by atoms with E-state index < -0.39 is 54.7 Å². The van der Waals surface area contributed by atoms with Gasteiger partial charge in [0.25, 0.3) is 0 Å². The van der Waals surface area contributed by atoms with E-state index in [1.165, 1.54) is 0 Å². The molecule has 0 amide bonds. The van der Waals surface area contributed by atoms with Gasteiger partial charge in [-0.05, 0) is 33.1 Å². The Morgan fingerprint density at radius 2 is 2.00 bits per heavy atom. The number of benzene rings is 1. The van der Waals surface area contributed by atoms with Gasteiger partial charge in [0.05, 0.1) is 10.5 Å². The molecule has 0 unspecified atom stereocenters. The van der Waals surface area contributed by atoms with Crippen LogP contribution in [0.5, 0.6) is 5.75 Å². The summed E-state index contributed by atoms with van der Waals surface area (Å²) in [5.74, 6) is -2.14. The van der Waals surface area contributed by atoms with Crippen LogP contribution in [0.2, 0.25) is 0 Å². The summed E-state index contributed by atoms with van der Waals surface area (Å²) < 4.78 is 77.6. The summed E-state index contributed by atoms with van der Waals surface area (Å²) in [5, 5.41) is 13.3. The summed E-state index contributed by atoms with van der Waals surface area (Å²) in [5.41, 5.74) is -9.50. The van der Waals surface area contributed by atoms with Crippen molar-refractivity contribution in [2.24, 2.45) is 0 Å². The number of Topliss-reactive ketones (excluding diaryl/α,β-unsaturated/α-hetero) is 1. The maximum atomic E-state index is 14.0. The second kappa shape index (κ2) is 7.74. The normalized spacial score (nSPS) is 11.4. The Hall–Kier alpha value is -1.60. The largest absolute Gasteiger partial charge is 0.534 e. The molecule has 7 nitrogen and oxygen atoms in total. The second-order valence-electron chi connectivity index (χ2n) is 4.06. The number of hydrogen-bond acceptors (Lipinski definition) is 7. The van der Waals surface area contributed by atoms with Gasteiger partial charge in [0, 0.05) is 21.2 Å². The molecule has 0 spiro atoms. The van der Waals surface area contributed by atoms with E-state index in [-0.39, 0.29) is 0 Å². The van der Waals surface area contributed by atoms with Gasteiger partial charge in [-0.3, -0.25) is 14.9 Å². The molecular weight excluding hydrogens is 509 g/mol. The zero-order valence-corrected chi connectivity index (χ0v) is 15.5. The lowest BCUT2D eigenvalue weighted by atomic mass is 10.0. The summed E-state index contributed by atoms with van der Waals surface area (Å²) >= 11 is 1.63. The van der Waals surface area contributed by atoms with E-state index in [2.05, 4.69) is 9.44 Å². The predicted molar refractivity (Wildman–Crippen MR) is 87.2 cm³/mol. The van der Waals surface area contributed by atoms with E-state index >= 15 is 0 Å². The minimum atomic E-state index is -6.35. The Balaban J connectivity index is 3.90. The number of alkyl halides is 3. The topological polar surface area (TPSA) is 104 Å². The minimum Gasteiger partial charge on any atom is -0.368 e. The van der Waals surface area contributed by atoms with Crippen molar-refractivity contribution in [3.05, 3.63) is 33.1 Å². The molecule has 14 heteroatoms. The van der Waals surface area contributed by atoms with Crippen molar-refractivity contribution in [1.82, 2.24) is 0 Å². The Labute approximate surface area is 154 Å². The van der Waals surface area contributed by atoms with Crippen molar-refractivity contribution in [3.8, 4) is 16.9 Å². The summed E-state index contributed by atoms with van der Waals surface area (Å²) in [6, 6.07) is 0.318. The molecular formula is C11H4F4INO6S2. The molecule has 1 aromatic carbocycles. The molecule has 0 aliphatic heterocycles. The van der Waals surface area contributed by atoms with Gasteiger partial charge in [-0.15, -0.1) is 0 Å². The van der Waals surface area contributed by atoms with Crippen molar-refractivity contribution in [3.63, 3.8) is 0 Å². The van der Waals surface area contributed by atoms with Crippen LogP contribution in [0.1, 0.15) is 22.8 Å². The number of nitro benzene ring substituents is 1. The number of halogens is 5. The highest BCUT2D eigenvalue weighted by Gasteiger charge is 2.50. The van der Waals surface area contributed by atoms with E-state index in [9.17, 15) is 40.9 Å². The van der Waals surface area contributed by atoms with Crippen molar-refractivity contribution in [2.45, 2.75) is 12.4 Å². The van der Waals surface area contributed by atoms with E-state index in [0.717, 1.165) is 15.9 Å². The van der Waals surface area contributed by atoms with E-state index in [1.807, 2.05) is 5.92 Å². The number of rotatable bonds is 4. The van der Waals surface area contributed by atoms with E-state index in [1.54, 1.807) is 21.2 Å². The Bertz CT molecular complexity index is 904. The standard InChI is InChI=1S/C11H4F4INO6S2/c1-5(18)7-4-8(12)6(2-3-24-16)9(17(19)20)10(7)23-25(21,22)11(13,14)15/h4H,1H3. The average Bonchev–Trinajstić information content (AvgIpc) is 2.44. The molecule has 1 rings (SSSR count). The summed E-state index contributed by atoms with van der Waals surface area (Å²) in [6.45, 7) is 0.734. The fourth-order valence-electron chi connectivity index (χ4n) is 1.48. The zero-order valence-electron chi connectivity index (χ0n) is 11.7. The molecule has 25 heavy (non-hydrogen) atoms. The average molecular weight is 513 g/mol. The Kier molecular flexibility index (Phi) is 6.64. The molecule has 136 valence electrons. The molecule has 0 heterocycles. The van der Waals surface area contributed by atoms with Crippen LogP contribution in [-0.2, 0) is 10.1 Å². The number of nitrogens with zero attached hydrogens (tertiary/aromatic N) is 1. The minimum absolute atomic E-state index is 0.318. The molecule has 0 atom stereocenters. The predicted octanol–water partition coefficient (Wildman–Crippen LogP) is 3.56. The first kappa shape index (κ1) is 21.4. The zero-order chi connectivity index (χ0) is 19.6. The maximum absolute atomic E-state index is 14.0. The number of carbonyl (C=O) groups is 1. The van der Waals surface area contributed by atoms with Gasteiger partial charge in [0.15, 0.2) is 5.78 Å². The van der Waals surface area contributed by atoms with Crippen LogP contribution in [0, 0.1) is 27.1 Å². The molecule has 0 radical (unpaired) electrons. The monoisotopic (exact) mass is 513 g/mol. The molecule has 0 fully saturated rings. The number of ketones is 1. The molecule has 0 N–H and O–H groups in total. The SMILES string of the molecule is CC(=O)c1cc(F)c(C#CSI)c([N+](=O)[O-])c1OS(=O)(=O)C(F)(F)F. The third kappa shape index (κ3) is 4.73. The molecule has 0 saturated carbocycles. The quantitative estimate of drug-likeness (QED) is 0.0887. The lowest BCUT2D eigenvalue weighted by molar-refractivity contribution is -0.385. The van der Waals surface area contributed by atoms with Crippen LogP contribution in [0.15, 0.2) is 6.07 Å². The van der Waals surface area contributed by atoms with Crippen molar-refractivity contribution in [1.29, 1.82) is 0 Å². The lowest BCUT2D eigenvalue weighted by Crippen LogP contribution is -2.29. The summed E-state index contributed by atoms with van der Waals surface area (Å²) in [7, 11) is -5.57. The van der Waals surface area contributed by atoms with Gasteiger partial charge in [-0.25, -0.2) is 4.39 Å². The van der Waals surface area contributed by atoms with Gasteiger partial charge in [0.2, 0.25) is 5.75 Å². The van der Waals surface area contributed by atoms with Gasteiger partial charge < -0.3 is 4.18 Å². The third-order valence-corrected chi connectivity index (χ3v) is 4.25. The molecule has 0 aromatic heterocycles. The first-order valence-corrected chi connectivity index (χ1v) is 10.4. The van der Waals surface area contributed by atoms with Crippen LogP contribution in [0.3, 0.4) is 0 Å². The molecule has 0 aliphatic carbocycles. The first-order chi connectivity index (χ1) is 11.3. The summed E-state index contributed by atoms with van der Waals surface area (Å²) in [4.78, 5) is 21.2. The Morgan fingerprint density at radius 1 is 1.44 bits per heavy atom. The van der Waals surface area contributed by atoms with Crippen LogP contribution in [0.4, 0.5) is 23.2 Å². The van der Waals surface area contributed by atoms with Gasteiger partial charge in [0.1, 0.15) is 11.4 Å². The molecule has 0 bridgehead atoms. The highest BCUT2D eigenvalue weighted by atomic mass is 127. The molecule has 1 aromatic rings. The van der Waals surface area contributed by atoms with Crippen molar-refractivity contribution >= 4 is 51.7 Å². The van der Waals surface area contributed by atoms with Crippen LogP contribution >= 0.6 is 30.1 Å². The first-order valence-electron chi connectivity index (χ1n) is 5.64. The second-order valence-corrected chi connectivity index (χ2v) is 7.28. The highest BCUT2D eigenvalue weighted by Crippen LogP contribution is 2.39. The maximum Gasteiger partial charge on any atom is 0.534 e. The Morgan fingerprint density at radius 3 is 2.40 bits per heavy atom. The number of hydrogen-bond donors (Lipinski definition) is 0. The highest BCUT2D eigenvalue weighted by molar-refractivity contribution is 14.2. The third-order valence-electron chi connectivity index (χ3n) is 2.46. The van der Waals surface area contributed by atoms with Crippen molar-refractivity contribution < 1.29 is 39.9 Å². The van der Waals surface area contributed by atoms with E-state index in [0.29, 0.717) is 6.07 Å².